The molecule has 154 valence electrons. The lowest BCUT2D eigenvalue weighted by molar-refractivity contribution is -0.0674. The summed E-state index contributed by atoms with van der Waals surface area (Å²) in [6.07, 6.45) is 6.65. The Morgan fingerprint density at radius 2 is 2.21 bits per heavy atom. The summed E-state index contributed by atoms with van der Waals surface area (Å²) in [4.78, 5) is 18.6. The largest absolute Gasteiger partial charge is 0.341 e. The van der Waals surface area contributed by atoms with Crippen molar-refractivity contribution in [2.45, 2.75) is 57.5 Å². The molecule has 29 heavy (non-hydrogen) atoms. The number of nitrogens with zero attached hydrogens (tertiary/aromatic N) is 3. The summed E-state index contributed by atoms with van der Waals surface area (Å²) in [5, 5.41) is 6.84. The molecule has 2 atom stereocenters. The Labute approximate surface area is 171 Å². The maximum atomic E-state index is 14.3. The summed E-state index contributed by atoms with van der Waals surface area (Å²) in [5.74, 6) is -3.51. The lowest BCUT2D eigenvalue weighted by atomic mass is 9.87. The van der Waals surface area contributed by atoms with Gasteiger partial charge in [0.05, 0.1) is 11.1 Å². The van der Waals surface area contributed by atoms with Crippen LogP contribution in [0.4, 0.5) is 8.78 Å². The van der Waals surface area contributed by atoms with E-state index in [1.807, 2.05) is 20.0 Å². The fourth-order valence-corrected chi connectivity index (χ4v) is 4.84. The van der Waals surface area contributed by atoms with Gasteiger partial charge in [0.25, 0.3) is 11.8 Å². The number of rotatable bonds is 4. The number of hydrogen-bond acceptors (Lipinski definition) is 5. The van der Waals surface area contributed by atoms with Crippen LogP contribution >= 0.6 is 11.3 Å². The van der Waals surface area contributed by atoms with Gasteiger partial charge in [0, 0.05) is 40.9 Å². The number of aryl methyl sites for hydroxylation is 2. The molecule has 9 heteroatoms. The fraction of sp³-hybridized carbons (Fsp3) is 0.450. The molecule has 0 radical (unpaired) electrons. The first-order chi connectivity index (χ1) is 13.8. The van der Waals surface area contributed by atoms with Gasteiger partial charge < -0.3 is 11.1 Å². The Hall–Kier alpha value is -2.39. The number of hydrogen-bond donors (Lipinski definition) is 2. The van der Waals surface area contributed by atoms with Crippen molar-refractivity contribution >= 4 is 22.9 Å². The summed E-state index contributed by atoms with van der Waals surface area (Å²) in [6, 6.07) is -0.356. The molecule has 0 aromatic carbocycles. The van der Waals surface area contributed by atoms with Crippen LogP contribution < -0.4 is 11.1 Å². The Bertz CT molecular complexity index is 1060. The van der Waals surface area contributed by atoms with E-state index in [1.54, 1.807) is 23.0 Å². The van der Waals surface area contributed by atoms with E-state index in [9.17, 15) is 13.6 Å². The first-order valence-electron chi connectivity index (χ1n) is 9.67. The number of halogens is 2. The predicted octanol–water partition coefficient (Wildman–Crippen LogP) is 3.57. The van der Waals surface area contributed by atoms with Gasteiger partial charge in [0.1, 0.15) is 6.04 Å². The van der Waals surface area contributed by atoms with Crippen molar-refractivity contribution in [3.63, 3.8) is 0 Å². The summed E-state index contributed by atoms with van der Waals surface area (Å²) >= 11 is 1.30. The second kappa shape index (κ2) is 7.46. The van der Waals surface area contributed by atoms with Crippen molar-refractivity contribution in [1.82, 2.24) is 19.9 Å². The van der Waals surface area contributed by atoms with E-state index < -0.39 is 23.9 Å². The van der Waals surface area contributed by atoms with Crippen LogP contribution in [0, 0.1) is 6.92 Å². The number of carbonyl (C=O) groups is 1. The van der Waals surface area contributed by atoms with Crippen LogP contribution in [0.1, 0.15) is 46.3 Å². The van der Waals surface area contributed by atoms with Crippen molar-refractivity contribution in [3.05, 3.63) is 40.0 Å². The third kappa shape index (κ3) is 3.64. The smallest absolute Gasteiger partial charge is 0.269 e. The fourth-order valence-electron chi connectivity index (χ4n) is 3.82. The molecule has 1 amide bonds. The van der Waals surface area contributed by atoms with E-state index >= 15 is 0 Å². The van der Waals surface area contributed by atoms with Crippen molar-refractivity contribution in [1.29, 1.82) is 0 Å². The lowest BCUT2D eigenvalue weighted by Crippen LogP contribution is -2.59. The van der Waals surface area contributed by atoms with Crippen molar-refractivity contribution in [2.24, 2.45) is 5.73 Å². The molecular weight excluding hydrogens is 396 g/mol. The summed E-state index contributed by atoms with van der Waals surface area (Å²) in [7, 11) is 0. The third-order valence-corrected chi connectivity index (χ3v) is 6.63. The highest BCUT2D eigenvalue weighted by molar-refractivity contribution is 7.14. The van der Waals surface area contributed by atoms with Crippen LogP contribution in [-0.2, 0) is 6.42 Å². The minimum Gasteiger partial charge on any atom is -0.341 e. The topological polar surface area (TPSA) is 85.3 Å². The molecule has 1 aliphatic rings. The number of nitrogens with two attached hydrogens (primary N) is 1. The maximum absolute atomic E-state index is 14.3. The quantitative estimate of drug-likeness (QED) is 0.677. The molecule has 1 saturated carbocycles. The van der Waals surface area contributed by atoms with Crippen molar-refractivity contribution in [2.75, 3.05) is 0 Å². The Morgan fingerprint density at radius 3 is 2.93 bits per heavy atom. The maximum Gasteiger partial charge on any atom is 0.269 e. The average molecular weight is 420 g/mol. The van der Waals surface area contributed by atoms with E-state index in [0.717, 1.165) is 21.6 Å². The molecule has 1 aliphatic carbocycles. The molecule has 3 heterocycles. The number of aromatic nitrogens is 3. The second-order valence-corrected chi connectivity index (χ2v) is 8.66. The lowest BCUT2D eigenvalue weighted by Gasteiger charge is -2.36. The molecular formula is C20H23F2N5OS. The molecule has 0 aliphatic heterocycles. The minimum atomic E-state index is -2.99. The molecule has 3 aromatic rings. The molecule has 0 saturated heterocycles. The standard InChI is InChI=1S/C20H23F2N5OS/c1-3-15-12(13-9-25-27-10-11(2)8-24-18(13)27)7-16(29-15)19(28)26-17-14(23)5-4-6-20(17,21)22/h7-10,14,17H,3-6,23H2,1-2H3,(H,26,28). The van der Waals surface area contributed by atoms with Gasteiger partial charge in [-0.2, -0.15) is 5.10 Å². The molecule has 6 nitrogen and oxygen atoms in total. The van der Waals surface area contributed by atoms with Gasteiger partial charge in [-0.3, -0.25) is 4.79 Å². The van der Waals surface area contributed by atoms with Gasteiger partial charge in [-0.05, 0) is 37.8 Å². The molecule has 3 N–H and O–H groups in total. The van der Waals surface area contributed by atoms with Gasteiger partial charge >= 0.3 is 0 Å². The van der Waals surface area contributed by atoms with E-state index in [2.05, 4.69) is 15.4 Å². The van der Waals surface area contributed by atoms with Crippen LogP contribution in [0.15, 0.2) is 24.7 Å². The van der Waals surface area contributed by atoms with Crippen LogP contribution in [0.5, 0.6) is 0 Å². The van der Waals surface area contributed by atoms with Crippen molar-refractivity contribution < 1.29 is 13.6 Å². The van der Waals surface area contributed by atoms with Crippen LogP contribution in [0.2, 0.25) is 0 Å². The normalized spacial score (nSPS) is 21.4. The molecule has 3 aromatic heterocycles. The number of fused-ring (bicyclic) bond motifs is 1. The number of amides is 1. The second-order valence-electron chi connectivity index (χ2n) is 7.53. The first-order valence-corrected chi connectivity index (χ1v) is 10.5. The predicted molar refractivity (Wildman–Crippen MR) is 108 cm³/mol. The van der Waals surface area contributed by atoms with E-state index in [4.69, 9.17) is 5.73 Å². The molecule has 4 rings (SSSR count). The van der Waals surface area contributed by atoms with Gasteiger partial charge in [-0.15, -0.1) is 11.3 Å². The Kier molecular flexibility index (Phi) is 5.12. The Morgan fingerprint density at radius 1 is 1.41 bits per heavy atom. The summed E-state index contributed by atoms with van der Waals surface area (Å²) < 4.78 is 30.2. The zero-order chi connectivity index (χ0) is 20.8. The molecule has 0 spiro atoms. The molecule has 1 fully saturated rings. The number of nitrogens with one attached hydrogen (secondary N) is 1. The number of alkyl halides is 2. The van der Waals surface area contributed by atoms with Gasteiger partial charge in [-0.1, -0.05) is 6.92 Å². The minimum absolute atomic E-state index is 0.255. The average Bonchev–Trinajstić information content (AvgIpc) is 3.27. The first kappa shape index (κ1) is 19.9. The van der Waals surface area contributed by atoms with Crippen molar-refractivity contribution in [3.8, 4) is 11.1 Å². The van der Waals surface area contributed by atoms with Crippen LogP contribution in [0.25, 0.3) is 16.8 Å². The summed E-state index contributed by atoms with van der Waals surface area (Å²) in [5.41, 5.74) is 9.23. The molecule has 2 unspecified atom stereocenters. The van der Waals surface area contributed by atoms with E-state index in [0.29, 0.717) is 29.8 Å². The van der Waals surface area contributed by atoms with Crippen LogP contribution in [-0.4, -0.2) is 38.5 Å². The summed E-state index contributed by atoms with van der Waals surface area (Å²) in [6.45, 7) is 3.93. The van der Waals surface area contributed by atoms with E-state index in [-0.39, 0.29) is 6.42 Å². The van der Waals surface area contributed by atoms with Gasteiger partial charge in [0.2, 0.25) is 0 Å². The van der Waals surface area contributed by atoms with Crippen LogP contribution in [0.3, 0.4) is 0 Å². The molecule has 0 bridgehead atoms. The monoisotopic (exact) mass is 419 g/mol. The van der Waals surface area contributed by atoms with Gasteiger partial charge in [-0.25, -0.2) is 18.3 Å². The highest BCUT2D eigenvalue weighted by Gasteiger charge is 2.46. The SMILES string of the molecule is CCc1sc(C(=O)NC2C(N)CCCC2(F)F)cc1-c1cnn2cc(C)cnc12. The van der Waals surface area contributed by atoms with E-state index in [1.165, 1.54) is 11.3 Å². The zero-order valence-corrected chi connectivity index (χ0v) is 17.1. The van der Waals surface area contributed by atoms with Gasteiger partial charge in [0.15, 0.2) is 5.65 Å². The third-order valence-electron chi connectivity index (χ3n) is 5.35. The number of thiophene rings is 1. The Balaban J connectivity index is 1.66. The zero-order valence-electron chi connectivity index (χ0n) is 16.3. The number of carbonyl (C=O) groups excluding carboxylic acids is 1. The highest BCUT2D eigenvalue weighted by atomic mass is 32.1. The highest BCUT2D eigenvalue weighted by Crippen LogP contribution is 2.36.